The van der Waals surface area contributed by atoms with Crippen LogP contribution in [0.3, 0.4) is 0 Å². The molecule has 6 heteroatoms. The van der Waals surface area contributed by atoms with Crippen LogP contribution < -0.4 is 5.56 Å². The summed E-state index contributed by atoms with van der Waals surface area (Å²) in [5.74, 6) is 0.332. The van der Waals surface area contributed by atoms with E-state index in [-0.39, 0.29) is 22.0 Å². The number of H-pyrrole nitrogens is 2. The maximum atomic E-state index is 12.8. The van der Waals surface area contributed by atoms with Gasteiger partial charge in [-0.2, -0.15) is 0 Å². The third kappa shape index (κ3) is 2.80. The molecule has 0 fully saturated rings. The summed E-state index contributed by atoms with van der Waals surface area (Å²) in [6.45, 7) is 0. The molecular formula is C10H10ClFN2OS. The van der Waals surface area contributed by atoms with Crippen LogP contribution in [0.4, 0.5) is 4.39 Å². The minimum Gasteiger partial charge on any atom is -0.301 e. The van der Waals surface area contributed by atoms with Crippen molar-refractivity contribution < 1.29 is 4.39 Å². The number of aromatic nitrogens is 2. The Balaban J connectivity index is 1.92. The summed E-state index contributed by atoms with van der Waals surface area (Å²) in [6.07, 6.45) is 4.54. The molecule has 1 heterocycles. The average Bonchev–Trinajstić information content (AvgIpc) is 2.63. The van der Waals surface area contributed by atoms with Crippen LogP contribution in [0.25, 0.3) is 0 Å². The highest BCUT2D eigenvalue weighted by Crippen LogP contribution is 2.28. The van der Waals surface area contributed by atoms with Crippen molar-refractivity contribution in [3.8, 4) is 0 Å². The molecule has 86 valence electrons. The normalized spacial score (nSPS) is 24.5. The second-order valence-electron chi connectivity index (χ2n) is 3.41. The molecule has 2 rings (SSSR count). The van der Waals surface area contributed by atoms with Gasteiger partial charge in [0.1, 0.15) is 5.83 Å². The van der Waals surface area contributed by atoms with Crippen molar-refractivity contribution in [1.29, 1.82) is 0 Å². The molecule has 2 unspecified atom stereocenters. The third-order valence-corrected chi connectivity index (χ3v) is 4.02. The summed E-state index contributed by atoms with van der Waals surface area (Å²) in [5, 5.41) is 4.89. The molecule has 0 bridgehead atoms. The van der Waals surface area contributed by atoms with Gasteiger partial charge in [0.15, 0.2) is 0 Å². The van der Waals surface area contributed by atoms with Crippen molar-refractivity contribution >= 4 is 23.4 Å². The lowest BCUT2D eigenvalue weighted by Gasteiger charge is -2.18. The Morgan fingerprint density at radius 1 is 1.50 bits per heavy atom. The van der Waals surface area contributed by atoms with E-state index >= 15 is 0 Å². The van der Waals surface area contributed by atoms with Gasteiger partial charge in [0.05, 0.1) is 5.38 Å². The largest absolute Gasteiger partial charge is 0.301 e. The molecule has 0 aliphatic heterocycles. The highest BCUT2D eigenvalue weighted by atomic mass is 35.5. The number of hydrogen-bond acceptors (Lipinski definition) is 2. The molecule has 1 aromatic heterocycles. The zero-order valence-corrected chi connectivity index (χ0v) is 9.82. The van der Waals surface area contributed by atoms with E-state index in [1.807, 2.05) is 0 Å². The molecule has 16 heavy (non-hydrogen) atoms. The predicted molar refractivity (Wildman–Crippen MR) is 64.5 cm³/mol. The van der Waals surface area contributed by atoms with E-state index in [1.165, 1.54) is 18.2 Å². The summed E-state index contributed by atoms with van der Waals surface area (Å²) in [6, 6.07) is 1.50. The summed E-state index contributed by atoms with van der Waals surface area (Å²) in [4.78, 5) is 10.9. The van der Waals surface area contributed by atoms with Crippen LogP contribution in [0.5, 0.6) is 0 Å². The van der Waals surface area contributed by atoms with Gasteiger partial charge in [-0.05, 0) is 12.2 Å². The second-order valence-corrected chi connectivity index (χ2v) is 5.08. The van der Waals surface area contributed by atoms with Crippen LogP contribution in [-0.4, -0.2) is 20.8 Å². The summed E-state index contributed by atoms with van der Waals surface area (Å²) >= 11 is 7.53. The van der Waals surface area contributed by atoms with Gasteiger partial charge in [0, 0.05) is 22.8 Å². The molecule has 1 aromatic rings. The van der Waals surface area contributed by atoms with Gasteiger partial charge in [-0.15, -0.1) is 23.4 Å². The topological polar surface area (TPSA) is 48.6 Å². The van der Waals surface area contributed by atoms with Crippen molar-refractivity contribution in [2.75, 3.05) is 0 Å². The number of rotatable bonds is 3. The third-order valence-electron chi connectivity index (χ3n) is 2.16. The van der Waals surface area contributed by atoms with Crippen LogP contribution >= 0.6 is 23.4 Å². The van der Waals surface area contributed by atoms with Crippen molar-refractivity contribution in [1.82, 2.24) is 10.2 Å². The van der Waals surface area contributed by atoms with E-state index in [4.69, 9.17) is 11.6 Å². The molecular weight excluding hydrogens is 251 g/mol. The Morgan fingerprint density at radius 2 is 2.31 bits per heavy atom. The Morgan fingerprint density at radius 3 is 2.94 bits per heavy atom. The van der Waals surface area contributed by atoms with Crippen LogP contribution in [0.1, 0.15) is 5.69 Å². The fourth-order valence-corrected chi connectivity index (χ4v) is 2.78. The van der Waals surface area contributed by atoms with Gasteiger partial charge in [-0.1, -0.05) is 6.08 Å². The molecule has 3 nitrogen and oxygen atoms in total. The maximum absolute atomic E-state index is 12.8. The van der Waals surface area contributed by atoms with Gasteiger partial charge < -0.3 is 5.10 Å². The first kappa shape index (κ1) is 11.5. The van der Waals surface area contributed by atoms with E-state index in [0.717, 1.165) is 5.69 Å². The SMILES string of the molecule is O=c1cc(CSC2C=CC(F)=CC2Cl)[nH][nH]1. The van der Waals surface area contributed by atoms with Gasteiger partial charge in [-0.3, -0.25) is 9.89 Å². The summed E-state index contributed by atoms with van der Waals surface area (Å²) in [7, 11) is 0. The minimum atomic E-state index is -0.347. The lowest BCUT2D eigenvalue weighted by molar-refractivity contribution is 0.654. The van der Waals surface area contributed by atoms with Gasteiger partial charge >= 0.3 is 0 Å². The number of alkyl halides is 1. The fraction of sp³-hybridized carbons (Fsp3) is 0.300. The van der Waals surface area contributed by atoms with Crippen molar-refractivity contribution in [3.05, 3.63) is 46.2 Å². The Kier molecular flexibility index (Phi) is 3.56. The standard InChI is InChI=1S/C10H10ClFN2OS/c11-8-3-6(12)1-2-9(8)16-5-7-4-10(15)14-13-7/h1-4,8-9H,5H2,(H2,13,14,15). The van der Waals surface area contributed by atoms with Crippen molar-refractivity contribution in [2.45, 2.75) is 16.4 Å². The molecule has 0 aromatic carbocycles. The number of halogens is 2. The van der Waals surface area contributed by atoms with Crippen LogP contribution in [0.15, 0.2) is 34.9 Å². The smallest absolute Gasteiger partial charge is 0.264 e. The maximum Gasteiger partial charge on any atom is 0.264 e. The Bertz CT molecular complexity index is 479. The van der Waals surface area contributed by atoms with E-state index < -0.39 is 0 Å². The van der Waals surface area contributed by atoms with E-state index in [0.29, 0.717) is 5.75 Å². The quantitative estimate of drug-likeness (QED) is 0.820. The number of thioether (sulfide) groups is 1. The lowest BCUT2D eigenvalue weighted by atomic mass is 10.2. The molecule has 1 aliphatic carbocycles. The van der Waals surface area contributed by atoms with Gasteiger partial charge in [-0.25, -0.2) is 4.39 Å². The molecule has 0 saturated heterocycles. The van der Waals surface area contributed by atoms with Crippen molar-refractivity contribution in [2.24, 2.45) is 0 Å². The molecule has 0 radical (unpaired) electrons. The Hall–Kier alpha value is -0.940. The Labute approximate surface area is 101 Å². The minimum absolute atomic E-state index is 0.0274. The fourth-order valence-electron chi connectivity index (χ4n) is 1.38. The second kappa shape index (κ2) is 4.93. The van der Waals surface area contributed by atoms with Gasteiger partial charge in [0.2, 0.25) is 0 Å². The zero-order chi connectivity index (χ0) is 11.5. The van der Waals surface area contributed by atoms with E-state index in [2.05, 4.69) is 10.2 Å². The van der Waals surface area contributed by atoms with Gasteiger partial charge in [0.25, 0.3) is 5.56 Å². The van der Waals surface area contributed by atoms with Crippen molar-refractivity contribution in [3.63, 3.8) is 0 Å². The first-order valence-electron chi connectivity index (χ1n) is 4.73. The van der Waals surface area contributed by atoms with Crippen LogP contribution in [-0.2, 0) is 5.75 Å². The molecule has 1 aliphatic rings. The summed E-state index contributed by atoms with van der Waals surface area (Å²) < 4.78 is 12.8. The average molecular weight is 261 g/mol. The van der Waals surface area contributed by atoms with E-state index in [9.17, 15) is 9.18 Å². The molecule has 2 N–H and O–H groups in total. The lowest BCUT2D eigenvalue weighted by Crippen LogP contribution is -2.16. The molecule has 0 amide bonds. The number of aromatic amines is 2. The van der Waals surface area contributed by atoms with E-state index in [1.54, 1.807) is 17.8 Å². The predicted octanol–water partition coefficient (Wildman–Crippen LogP) is 2.34. The first-order valence-corrected chi connectivity index (χ1v) is 6.21. The zero-order valence-electron chi connectivity index (χ0n) is 8.24. The number of allylic oxidation sites excluding steroid dienone is 3. The first-order chi connectivity index (χ1) is 7.65. The molecule has 0 saturated carbocycles. The highest BCUT2D eigenvalue weighted by Gasteiger charge is 2.19. The monoisotopic (exact) mass is 260 g/mol. The van der Waals surface area contributed by atoms with Crippen LogP contribution in [0, 0.1) is 0 Å². The summed E-state index contributed by atoms with van der Waals surface area (Å²) in [5.41, 5.74) is 0.658. The van der Waals surface area contributed by atoms with Crippen LogP contribution in [0.2, 0.25) is 0 Å². The highest BCUT2D eigenvalue weighted by molar-refractivity contribution is 7.99. The molecule has 2 atom stereocenters. The number of nitrogens with one attached hydrogen (secondary N) is 2. The number of hydrogen-bond donors (Lipinski definition) is 2. The molecule has 0 spiro atoms.